The van der Waals surface area contributed by atoms with Crippen molar-refractivity contribution < 1.29 is 9.50 Å². The van der Waals surface area contributed by atoms with Crippen LogP contribution in [0.15, 0.2) is 12.3 Å². The summed E-state index contributed by atoms with van der Waals surface area (Å²) in [6.07, 6.45) is 0.778. The molecule has 0 radical (unpaired) electrons. The Balaban J connectivity index is 3.04. The van der Waals surface area contributed by atoms with E-state index in [-0.39, 0.29) is 5.15 Å². The lowest BCUT2D eigenvalue weighted by atomic mass is 10.1. The Hall–Kier alpha value is -0.670. The minimum atomic E-state index is -0.735. The van der Waals surface area contributed by atoms with Crippen molar-refractivity contribution in [1.82, 2.24) is 4.98 Å². The van der Waals surface area contributed by atoms with Crippen molar-refractivity contribution in [2.45, 2.75) is 19.4 Å². The molecule has 1 aromatic rings. The van der Waals surface area contributed by atoms with Crippen molar-refractivity contribution in [2.75, 3.05) is 0 Å². The van der Waals surface area contributed by atoms with Gasteiger partial charge in [-0.15, -0.1) is 0 Å². The van der Waals surface area contributed by atoms with Gasteiger partial charge >= 0.3 is 0 Å². The summed E-state index contributed by atoms with van der Waals surface area (Å²) in [5, 5.41) is 9.50. The van der Waals surface area contributed by atoms with Gasteiger partial charge in [0.1, 0.15) is 11.0 Å². The standard InChI is InChI=1S/C8H9ClFNO/c1-2-7(12)6-3-5(10)4-11-8(6)9/h3-4,7,12H,2H2,1H3. The number of aliphatic hydroxyl groups is 1. The zero-order valence-corrected chi connectivity index (χ0v) is 7.35. The highest BCUT2D eigenvalue weighted by Crippen LogP contribution is 2.23. The van der Waals surface area contributed by atoms with E-state index < -0.39 is 11.9 Å². The van der Waals surface area contributed by atoms with Crippen LogP contribution < -0.4 is 0 Å². The molecule has 1 rings (SSSR count). The maximum Gasteiger partial charge on any atom is 0.141 e. The number of pyridine rings is 1. The lowest BCUT2D eigenvalue weighted by molar-refractivity contribution is 0.173. The number of nitrogens with zero attached hydrogens (tertiary/aromatic N) is 1. The Morgan fingerprint density at radius 2 is 2.42 bits per heavy atom. The van der Waals surface area contributed by atoms with E-state index in [4.69, 9.17) is 11.6 Å². The highest BCUT2D eigenvalue weighted by atomic mass is 35.5. The lowest BCUT2D eigenvalue weighted by Crippen LogP contribution is -1.98. The van der Waals surface area contributed by atoms with Crippen LogP contribution in [0.3, 0.4) is 0 Å². The van der Waals surface area contributed by atoms with Crippen LogP contribution in [0.1, 0.15) is 25.0 Å². The molecule has 1 unspecified atom stereocenters. The van der Waals surface area contributed by atoms with Crippen molar-refractivity contribution >= 4 is 11.6 Å². The number of aliphatic hydroxyl groups excluding tert-OH is 1. The van der Waals surface area contributed by atoms with Crippen molar-refractivity contribution in [1.29, 1.82) is 0 Å². The molecule has 0 aliphatic rings. The topological polar surface area (TPSA) is 33.1 Å². The molecule has 12 heavy (non-hydrogen) atoms. The van der Waals surface area contributed by atoms with E-state index in [1.165, 1.54) is 6.07 Å². The average molecular weight is 190 g/mol. The number of halogens is 2. The number of rotatable bonds is 2. The maximum absolute atomic E-state index is 12.6. The van der Waals surface area contributed by atoms with Crippen molar-refractivity contribution in [3.05, 3.63) is 28.8 Å². The van der Waals surface area contributed by atoms with Crippen molar-refractivity contribution in [2.24, 2.45) is 0 Å². The molecule has 1 atom stereocenters. The van der Waals surface area contributed by atoms with Gasteiger partial charge < -0.3 is 5.11 Å². The number of aromatic nitrogens is 1. The molecule has 0 bridgehead atoms. The normalized spacial score (nSPS) is 13.0. The van der Waals surface area contributed by atoms with Gasteiger partial charge in [-0.2, -0.15) is 0 Å². The fraction of sp³-hybridized carbons (Fsp3) is 0.375. The second kappa shape index (κ2) is 3.83. The Kier molecular flexibility index (Phi) is 3.00. The molecule has 1 heterocycles. The van der Waals surface area contributed by atoms with Gasteiger partial charge in [-0.1, -0.05) is 18.5 Å². The Morgan fingerprint density at radius 1 is 1.75 bits per heavy atom. The Morgan fingerprint density at radius 3 is 3.00 bits per heavy atom. The molecule has 0 saturated heterocycles. The monoisotopic (exact) mass is 189 g/mol. The van der Waals surface area contributed by atoms with Crippen molar-refractivity contribution in [3.63, 3.8) is 0 Å². The predicted octanol–water partition coefficient (Wildman–Crippen LogP) is 2.32. The highest BCUT2D eigenvalue weighted by molar-refractivity contribution is 6.30. The van der Waals surface area contributed by atoms with Gasteiger partial charge in [0.05, 0.1) is 12.3 Å². The summed E-state index contributed by atoms with van der Waals surface area (Å²) in [6, 6.07) is 1.20. The second-order valence-corrected chi connectivity index (χ2v) is 2.82. The first kappa shape index (κ1) is 9.42. The summed E-state index contributed by atoms with van der Waals surface area (Å²) in [5.41, 5.74) is 0.346. The second-order valence-electron chi connectivity index (χ2n) is 2.46. The largest absolute Gasteiger partial charge is 0.388 e. The summed E-state index contributed by atoms with van der Waals surface area (Å²) >= 11 is 5.63. The molecular weight excluding hydrogens is 181 g/mol. The molecule has 0 aliphatic heterocycles. The molecule has 1 N–H and O–H groups in total. The molecule has 2 nitrogen and oxygen atoms in total. The smallest absolute Gasteiger partial charge is 0.141 e. The van der Waals surface area contributed by atoms with E-state index in [0.717, 1.165) is 6.20 Å². The summed E-state index contributed by atoms with van der Waals surface area (Å²) in [4.78, 5) is 3.58. The van der Waals surface area contributed by atoms with Gasteiger partial charge in [-0.3, -0.25) is 0 Å². The minimum absolute atomic E-state index is 0.158. The summed E-state index contributed by atoms with van der Waals surface area (Å²) in [6.45, 7) is 1.78. The SMILES string of the molecule is CCC(O)c1cc(F)cnc1Cl. The fourth-order valence-electron chi connectivity index (χ4n) is 0.892. The molecule has 0 aromatic carbocycles. The zero-order chi connectivity index (χ0) is 9.14. The Bertz CT molecular complexity index is 280. The van der Waals surface area contributed by atoms with Crippen LogP contribution in [0.25, 0.3) is 0 Å². The quantitative estimate of drug-likeness (QED) is 0.725. The van der Waals surface area contributed by atoms with Crippen LogP contribution >= 0.6 is 11.6 Å². The van der Waals surface area contributed by atoms with Gasteiger partial charge in [-0.25, -0.2) is 9.37 Å². The minimum Gasteiger partial charge on any atom is -0.388 e. The van der Waals surface area contributed by atoms with Gasteiger partial charge in [0.15, 0.2) is 0 Å². The van der Waals surface area contributed by atoms with Crippen LogP contribution in [-0.2, 0) is 0 Å². The third kappa shape index (κ3) is 1.93. The molecule has 66 valence electrons. The van der Waals surface area contributed by atoms with Crippen LogP contribution in [0.5, 0.6) is 0 Å². The van der Waals surface area contributed by atoms with Gasteiger partial charge in [-0.05, 0) is 12.5 Å². The van der Waals surface area contributed by atoms with Crippen LogP contribution in [-0.4, -0.2) is 10.1 Å². The van der Waals surface area contributed by atoms with Crippen LogP contribution in [0.2, 0.25) is 5.15 Å². The predicted molar refractivity (Wildman–Crippen MR) is 44.5 cm³/mol. The number of hydrogen-bond donors (Lipinski definition) is 1. The molecule has 0 spiro atoms. The molecule has 0 saturated carbocycles. The van der Waals surface area contributed by atoms with Crippen LogP contribution in [0, 0.1) is 5.82 Å². The number of hydrogen-bond acceptors (Lipinski definition) is 2. The zero-order valence-electron chi connectivity index (χ0n) is 6.59. The van der Waals surface area contributed by atoms with E-state index in [9.17, 15) is 9.50 Å². The molecular formula is C8H9ClFNO. The first-order valence-electron chi connectivity index (χ1n) is 3.64. The molecule has 0 fully saturated rings. The third-order valence-electron chi connectivity index (χ3n) is 1.58. The van der Waals surface area contributed by atoms with Crippen molar-refractivity contribution in [3.8, 4) is 0 Å². The van der Waals surface area contributed by atoms with Gasteiger partial charge in [0.2, 0.25) is 0 Å². The van der Waals surface area contributed by atoms with E-state index in [2.05, 4.69) is 4.98 Å². The van der Waals surface area contributed by atoms with E-state index in [1.807, 2.05) is 0 Å². The third-order valence-corrected chi connectivity index (χ3v) is 1.89. The maximum atomic E-state index is 12.6. The Labute approximate surface area is 75.0 Å². The van der Waals surface area contributed by atoms with Crippen LogP contribution in [0.4, 0.5) is 4.39 Å². The lowest BCUT2D eigenvalue weighted by Gasteiger charge is -2.08. The summed E-state index contributed by atoms with van der Waals surface area (Å²) in [7, 11) is 0. The van der Waals surface area contributed by atoms with E-state index in [1.54, 1.807) is 6.92 Å². The molecule has 1 aromatic heterocycles. The van der Waals surface area contributed by atoms with Gasteiger partial charge in [0, 0.05) is 5.56 Å². The summed E-state index contributed by atoms with van der Waals surface area (Å²) < 4.78 is 12.6. The first-order valence-corrected chi connectivity index (χ1v) is 4.02. The molecule has 0 amide bonds. The summed E-state index contributed by atoms with van der Waals surface area (Å²) in [5.74, 6) is -0.484. The van der Waals surface area contributed by atoms with E-state index >= 15 is 0 Å². The highest BCUT2D eigenvalue weighted by Gasteiger charge is 2.11. The molecule has 0 aliphatic carbocycles. The first-order chi connectivity index (χ1) is 5.65. The fourth-order valence-corrected chi connectivity index (χ4v) is 1.12. The van der Waals surface area contributed by atoms with Gasteiger partial charge in [0.25, 0.3) is 0 Å². The van der Waals surface area contributed by atoms with E-state index in [0.29, 0.717) is 12.0 Å². The average Bonchev–Trinajstić information content (AvgIpc) is 2.08. The molecule has 4 heteroatoms.